The van der Waals surface area contributed by atoms with E-state index in [1.807, 2.05) is 24.3 Å². The summed E-state index contributed by atoms with van der Waals surface area (Å²) in [6.45, 7) is 5.09. The van der Waals surface area contributed by atoms with Crippen LogP contribution in [0.1, 0.15) is 41.4 Å². The molecule has 1 unspecified atom stereocenters. The molecule has 0 aliphatic carbocycles. The van der Waals surface area contributed by atoms with Gasteiger partial charge in [-0.15, -0.1) is 12.4 Å². The van der Waals surface area contributed by atoms with Crippen molar-refractivity contribution in [3.8, 4) is 0 Å². The summed E-state index contributed by atoms with van der Waals surface area (Å²) >= 11 is 3.44. The molecular formula is C18H21BrClNO2. The predicted octanol–water partition coefficient (Wildman–Crippen LogP) is 4.90. The number of carbonyl (C=O) groups excluding carboxylic acids is 1. The normalized spacial score (nSPS) is 11.4. The van der Waals surface area contributed by atoms with E-state index in [1.165, 1.54) is 5.56 Å². The van der Waals surface area contributed by atoms with Gasteiger partial charge in [-0.25, -0.2) is 4.79 Å². The molecule has 124 valence electrons. The van der Waals surface area contributed by atoms with E-state index in [9.17, 15) is 4.79 Å². The summed E-state index contributed by atoms with van der Waals surface area (Å²) < 4.78 is 6.06. The van der Waals surface area contributed by atoms with E-state index < -0.39 is 0 Å². The molecule has 2 aromatic carbocycles. The number of rotatable bonds is 6. The lowest BCUT2D eigenvalue weighted by molar-refractivity contribution is 0.0526. The zero-order valence-corrected chi connectivity index (χ0v) is 15.6. The lowest BCUT2D eigenvalue weighted by atomic mass is 10.1. The standard InChI is InChI=1S/C18H20BrNO2.ClH/c1-3-22-18(21)16-6-4-14(5-7-16)12-20-13(2)15-8-10-17(19)11-9-15;/h4-11,13,20H,3,12H2,1-2H3;1H. The van der Waals surface area contributed by atoms with Gasteiger partial charge in [-0.3, -0.25) is 0 Å². The molecule has 0 saturated heterocycles. The largest absolute Gasteiger partial charge is 0.462 e. The van der Waals surface area contributed by atoms with E-state index in [2.05, 4.69) is 40.3 Å². The average molecular weight is 399 g/mol. The molecule has 3 nitrogen and oxygen atoms in total. The molecule has 2 rings (SSSR count). The second kappa shape index (κ2) is 9.71. The van der Waals surface area contributed by atoms with Crippen LogP contribution in [-0.2, 0) is 11.3 Å². The summed E-state index contributed by atoms with van der Waals surface area (Å²) in [4.78, 5) is 11.6. The van der Waals surface area contributed by atoms with Gasteiger partial charge in [0, 0.05) is 17.1 Å². The SMILES string of the molecule is CCOC(=O)c1ccc(CNC(C)c2ccc(Br)cc2)cc1.Cl. The maximum Gasteiger partial charge on any atom is 0.338 e. The Morgan fingerprint density at radius 2 is 1.74 bits per heavy atom. The van der Waals surface area contributed by atoms with Crippen LogP contribution in [-0.4, -0.2) is 12.6 Å². The van der Waals surface area contributed by atoms with Crippen molar-refractivity contribution in [3.63, 3.8) is 0 Å². The van der Waals surface area contributed by atoms with Crippen molar-refractivity contribution in [1.29, 1.82) is 0 Å². The van der Waals surface area contributed by atoms with Crippen LogP contribution < -0.4 is 5.32 Å². The number of carbonyl (C=O) groups is 1. The van der Waals surface area contributed by atoms with Crippen LogP contribution in [0.3, 0.4) is 0 Å². The van der Waals surface area contributed by atoms with Gasteiger partial charge in [-0.05, 0) is 49.2 Å². The topological polar surface area (TPSA) is 38.3 Å². The van der Waals surface area contributed by atoms with Gasteiger partial charge >= 0.3 is 5.97 Å². The third-order valence-corrected chi connectivity index (χ3v) is 3.98. The molecule has 5 heteroatoms. The number of nitrogens with one attached hydrogen (secondary N) is 1. The number of esters is 1. The minimum atomic E-state index is -0.273. The molecule has 0 radical (unpaired) electrons. The van der Waals surface area contributed by atoms with Crippen LogP contribution in [0.25, 0.3) is 0 Å². The van der Waals surface area contributed by atoms with E-state index in [0.29, 0.717) is 12.2 Å². The maximum absolute atomic E-state index is 11.6. The molecule has 1 atom stereocenters. The third-order valence-electron chi connectivity index (χ3n) is 3.45. The number of benzene rings is 2. The number of halogens is 2. The number of hydrogen-bond acceptors (Lipinski definition) is 3. The zero-order valence-electron chi connectivity index (χ0n) is 13.2. The first-order chi connectivity index (χ1) is 10.6. The highest BCUT2D eigenvalue weighted by Gasteiger charge is 2.07. The van der Waals surface area contributed by atoms with Crippen LogP contribution in [0.15, 0.2) is 53.0 Å². The Balaban J connectivity index is 0.00000264. The van der Waals surface area contributed by atoms with Gasteiger partial charge in [0.1, 0.15) is 0 Å². The van der Waals surface area contributed by atoms with Gasteiger partial charge in [-0.2, -0.15) is 0 Å². The Kier molecular flexibility index (Phi) is 8.31. The van der Waals surface area contributed by atoms with Gasteiger partial charge in [-0.1, -0.05) is 40.2 Å². The van der Waals surface area contributed by atoms with Crippen molar-refractivity contribution in [2.75, 3.05) is 6.61 Å². The Bertz CT molecular complexity index is 614. The summed E-state index contributed by atoms with van der Waals surface area (Å²) in [5, 5.41) is 3.48. The fourth-order valence-corrected chi connectivity index (χ4v) is 2.38. The van der Waals surface area contributed by atoms with E-state index in [4.69, 9.17) is 4.74 Å². The molecule has 0 aromatic heterocycles. The molecule has 0 amide bonds. The summed E-state index contributed by atoms with van der Waals surface area (Å²) in [5.41, 5.74) is 2.97. The second-order valence-corrected chi connectivity index (χ2v) is 5.99. The first kappa shape index (κ1) is 19.7. The van der Waals surface area contributed by atoms with Crippen molar-refractivity contribution in [2.45, 2.75) is 26.4 Å². The Hall–Kier alpha value is -1.36. The molecule has 23 heavy (non-hydrogen) atoms. The molecule has 0 aliphatic rings. The minimum absolute atomic E-state index is 0. The van der Waals surface area contributed by atoms with E-state index >= 15 is 0 Å². The molecule has 2 aromatic rings. The third kappa shape index (κ3) is 5.98. The summed E-state index contributed by atoms with van der Waals surface area (Å²) in [5.74, 6) is -0.273. The highest BCUT2D eigenvalue weighted by Crippen LogP contribution is 2.17. The van der Waals surface area contributed by atoms with Crippen molar-refractivity contribution >= 4 is 34.3 Å². The quantitative estimate of drug-likeness (QED) is 0.703. The Morgan fingerprint density at radius 1 is 1.13 bits per heavy atom. The molecule has 0 bridgehead atoms. The number of hydrogen-bond donors (Lipinski definition) is 1. The fraction of sp³-hybridized carbons (Fsp3) is 0.278. The van der Waals surface area contributed by atoms with Crippen LogP contribution in [0.5, 0.6) is 0 Å². The molecule has 0 saturated carbocycles. The molecular weight excluding hydrogens is 378 g/mol. The monoisotopic (exact) mass is 397 g/mol. The van der Waals surface area contributed by atoms with Gasteiger partial charge in [0.2, 0.25) is 0 Å². The van der Waals surface area contributed by atoms with Gasteiger partial charge in [0.15, 0.2) is 0 Å². The lowest BCUT2D eigenvalue weighted by Gasteiger charge is -2.14. The molecule has 0 heterocycles. The Labute approximate surface area is 152 Å². The molecule has 0 fully saturated rings. The van der Waals surface area contributed by atoms with Crippen LogP contribution in [0, 0.1) is 0 Å². The van der Waals surface area contributed by atoms with Crippen molar-refractivity contribution < 1.29 is 9.53 Å². The average Bonchev–Trinajstić information content (AvgIpc) is 2.54. The molecule has 0 spiro atoms. The summed E-state index contributed by atoms with van der Waals surface area (Å²) in [7, 11) is 0. The van der Waals surface area contributed by atoms with Crippen molar-refractivity contribution in [3.05, 3.63) is 69.7 Å². The van der Waals surface area contributed by atoms with Gasteiger partial charge < -0.3 is 10.1 Å². The molecule has 1 N–H and O–H groups in total. The minimum Gasteiger partial charge on any atom is -0.462 e. The second-order valence-electron chi connectivity index (χ2n) is 5.07. The van der Waals surface area contributed by atoms with Crippen LogP contribution in [0.2, 0.25) is 0 Å². The van der Waals surface area contributed by atoms with Crippen LogP contribution in [0.4, 0.5) is 0 Å². The van der Waals surface area contributed by atoms with Crippen molar-refractivity contribution in [1.82, 2.24) is 5.32 Å². The smallest absolute Gasteiger partial charge is 0.338 e. The fourth-order valence-electron chi connectivity index (χ4n) is 2.11. The van der Waals surface area contributed by atoms with Crippen molar-refractivity contribution in [2.24, 2.45) is 0 Å². The number of ether oxygens (including phenoxy) is 1. The summed E-state index contributed by atoms with van der Waals surface area (Å²) in [6.07, 6.45) is 0. The van der Waals surface area contributed by atoms with E-state index in [1.54, 1.807) is 19.1 Å². The lowest BCUT2D eigenvalue weighted by Crippen LogP contribution is -2.18. The van der Waals surface area contributed by atoms with Gasteiger partial charge in [0.05, 0.1) is 12.2 Å². The maximum atomic E-state index is 11.6. The Morgan fingerprint density at radius 3 is 2.30 bits per heavy atom. The van der Waals surface area contributed by atoms with E-state index in [0.717, 1.165) is 16.6 Å². The van der Waals surface area contributed by atoms with Crippen LogP contribution >= 0.6 is 28.3 Å². The highest BCUT2D eigenvalue weighted by atomic mass is 79.9. The van der Waals surface area contributed by atoms with Gasteiger partial charge in [0.25, 0.3) is 0 Å². The first-order valence-electron chi connectivity index (χ1n) is 7.35. The molecule has 0 aliphatic heterocycles. The van der Waals surface area contributed by atoms with E-state index in [-0.39, 0.29) is 24.4 Å². The summed E-state index contributed by atoms with van der Waals surface area (Å²) in [6, 6.07) is 16.1. The predicted molar refractivity (Wildman–Crippen MR) is 99.0 cm³/mol. The zero-order chi connectivity index (χ0) is 15.9. The highest BCUT2D eigenvalue weighted by molar-refractivity contribution is 9.10. The first-order valence-corrected chi connectivity index (χ1v) is 8.14.